The van der Waals surface area contributed by atoms with Crippen molar-refractivity contribution in [2.45, 2.75) is 25.5 Å². The van der Waals surface area contributed by atoms with E-state index >= 15 is 0 Å². The second-order valence-corrected chi connectivity index (χ2v) is 5.51. The Morgan fingerprint density at radius 1 is 1.43 bits per heavy atom. The van der Waals surface area contributed by atoms with E-state index in [0.29, 0.717) is 18.7 Å². The van der Waals surface area contributed by atoms with Gasteiger partial charge < -0.3 is 20.1 Å². The molecule has 0 aliphatic carbocycles. The van der Waals surface area contributed by atoms with Crippen LogP contribution in [-0.4, -0.2) is 57.0 Å². The molecule has 2 N–H and O–H groups in total. The van der Waals surface area contributed by atoms with Gasteiger partial charge in [-0.05, 0) is 51.2 Å². The normalized spacial score (nSPS) is 14.4. The number of aryl methyl sites for hydroxylation is 1. The summed E-state index contributed by atoms with van der Waals surface area (Å²) >= 11 is 0. The maximum absolute atomic E-state index is 13.6. The van der Waals surface area contributed by atoms with Crippen LogP contribution in [0.1, 0.15) is 23.6 Å². The fourth-order valence-corrected chi connectivity index (χ4v) is 2.35. The minimum absolute atomic E-state index is 0.0992. The third-order valence-corrected chi connectivity index (χ3v) is 3.63. The van der Waals surface area contributed by atoms with Gasteiger partial charge in [-0.1, -0.05) is 12.1 Å². The Kier molecular flexibility index (Phi) is 7.82. The fourth-order valence-electron chi connectivity index (χ4n) is 2.35. The van der Waals surface area contributed by atoms with Crippen LogP contribution in [0.5, 0.6) is 0 Å². The maximum atomic E-state index is 13.6. The standard InChI is InChI=1S/C16H27FN2O2/c1-12-5-6-13(9-15(12)17)16(18-2)7-8-19(3)10-14(20)11-21-4/h5-6,9,14,16,18,20H,7-8,10-11H2,1-4H3. The summed E-state index contributed by atoms with van der Waals surface area (Å²) < 4.78 is 18.6. The van der Waals surface area contributed by atoms with Gasteiger partial charge in [-0.15, -0.1) is 0 Å². The lowest BCUT2D eigenvalue weighted by atomic mass is 10.0. The van der Waals surface area contributed by atoms with Gasteiger partial charge >= 0.3 is 0 Å². The predicted molar refractivity (Wildman–Crippen MR) is 82.9 cm³/mol. The molecule has 0 radical (unpaired) electrons. The van der Waals surface area contributed by atoms with E-state index in [0.717, 1.165) is 18.5 Å². The molecular weight excluding hydrogens is 271 g/mol. The zero-order valence-electron chi connectivity index (χ0n) is 13.4. The van der Waals surface area contributed by atoms with Crippen molar-refractivity contribution in [2.75, 3.05) is 40.9 Å². The van der Waals surface area contributed by atoms with Crippen LogP contribution in [0.25, 0.3) is 0 Å². The summed E-state index contributed by atoms with van der Waals surface area (Å²) in [5.74, 6) is -0.170. The topological polar surface area (TPSA) is 44.7 Å². The van der Waals surface area contributed by atoms with Crippen LogP contribution in [0.15, 0.2) is 18.2 Å². The Morgan fingerprint density at radius 3 is 2.71 bits per heavy atom. The molecule has 21 heavy (non-hydrogen) atoms. The molecule has 2 atom stereocenters. The first-order chi connectivity index (χ1) is 9.97. The Bertz CT molecular complexity index is 429. The summed E-state index contributed by atoms with van der Waals surface area (Å²) in [5.41, 5.74) is 1.61. The highest BCUT2D eigenvalue weighted by atomic mass is 19.1. The van der Waals surface area contributed by atoms with Crippen LogP contribution >= 0.6 is 0 Å². The summed E-state index contributed by atoms with van der Waals surface area (Å²) in [5, 5.41) is 12.9. The monoisotopic (exact) mass is 298 g/mol. The van der Waals surface area contributed by atoms with Gasteiger partial charge in [0.15, 0.2) is 0 Å². The van der Waals surface area contributed by atoms with Crippen molar-refractivity contribution < 1.29 is 14.2 Å². The summed E-state index contributed by atoms with van der Waals surface area (Å²) in [6.45, 7) is 3.47. The number of rotatable bonds is 9. The molecule has 120 valence electrons. The summed E-state index contributed by atoms with van der Waals surface area (Å²) in [4.78, 5) is 2.05. The van der Waals surface area contributed by atoms with Gasteiger partial charge in [0.25, 0.3) is 0 Å². The number of methoxy groups -OCH3 is 1. The lowest BCUT2D eigenvalue weighted by molar-refractivity contribution is 0.0426. The molecule has 4 nitrogen and oxygen atoms in total. The highest BCUT2D eigenvalue weighted by Gasteiger charge is 2.13. The van der Waals surface area contributed by atoms with Gasteiger partial charge in [0, 0.05) is 19.7 Å². The zero-order valence-corrected chi connectivity index (χ0v) is 13.4. The average Bonchev–Trinajstić information content (AvgIpc) is 2.43. The molecule has 0 spiro atoms. The molecule has 0 bridgehead atoms. The minimum Gasteiger partial charge on any atom is -0.389 e. The Morgan fingerprint density at radius 2 is 2.14 bits per heavy atom. The highest BCUT2D eigenvalue weighted by molar-refractivity contribution is 5.25. The maximum Gasteiger partial charge on any atom is 0.126 e. The van der Waals surface area contributed by atoms with E-state index < -0.39 is 6.10 Å². The lowest BCUT2D eigenvalue weighted by Crippen LogP contribution is -2.34. The molecular formula is C16H27FN2O2. The Labute approximate surface area is 126 Å². The quantitative estimate of drug-likeness (QED) is 0.729. The molecule has 0 amide bonds. The number of nitrogens with zero attached hydrogens (tertiary/aromatic N) is 1. The summed E-state index contributed by atoms with van der Waals surface area (Å²) in [7, 11) is 5.41. The third-order valence-electron chi connectivity index (χ3n) is 3.63. The molecule has 0 aliphatic rings. The number of aliphatic hydroxyl groups excluding tert-OH is 1. The largest absolute Gasteiger partial charge is 0.389 e. The predicted octanol–water partition coefficient (Wildman–Crippen LogP) is 1.72. The van der Waals surface area contributed by atoms with Crippen LogP contribution in [0.4, 0.5) is 4.39 Å². The highest BCUT2D eigenvalue weighted by Crippen LogP contribution is 2.19. The van der Waals surface area contributed by atoms with E-state index in [9.17, 15) is 9.50 Å². The van der Waals surface area contributed by atoms with Gasteiger partial charge in [0.05, 0.1) is 12.7 Å². The molecule has 0 saturated heterocycles. The lowest BCUT2D eigenvalue weighted by Gasteiger charge is -2.23. The van der Waals surface area contributed by atoms with Gasteiger partial charge in [-0.25, -0.2) is 4.39 Å². The van der Waals surface area contributed by atoms with Gasteiger partial charge in [-0.3, -0.25) is 0 Å². The third kappa shape index (κ3) is 6.09. The second kappa shape index (κ2) is 9.10. The van der Waals surface area contributed by atoms with Crippen molar-refractivity contribution in [1.82, 2.24) is 10.2 Å². The van der Waals surface area contributed by atoms with Crippen LogP contribution < -0.4 is 5.32 Å². The second-order valence-electron chi connectivity index (χ2n) is 5.51. The SMILES string of the molecule is CNC(CCN(C)CC(O)COC)c1ccc(C)c(F)c1. The molecule has 0 saturated carbocycles. The molecule has 0 aromatic heterocycles. The molecule has 2 unspecified atom stereocenters. The number of nitrogens with one attached hydrogen (secondary N) is 1. The van der Waals surface area contributed by atoms with Crippen molar-refractivity contribution in [3.63, 3.8) is 0 Å². The van der Waals surface area contributed by atoms with Gasteiger partial charge in [0.2, 0.25) is 0 Å². The summed E-state index contributed by atoms with van der Waals surface area (Å²) in [6, 6.07) is 5.46. The van der Waals surface area contributed by atoms with E-state index in [1.807, 2.05) is 20.2 Å². The van der Waals surface area contributed by atoms with Crippen molar-refractivity contribution >= 4 is 0 Å². The molecule has 1 rings (SSSR count). The molecule has 1 aromatic rings. The molecule has 0 heterocycles. The first-order valence-electron chi connectivity index (χ1n) is 7.26. The smallest absolute Gasteiger partial charge is 0.126 e. The van der Waals surface area contributed by atoms with Crippen LogP contribution in [0, 0.1) is 12.7 Å². The number of ether oxygens (including phenoxy) is 1. The van der Waals surface area contributed by atoms with E-state index in [-0.39, 0.29) is 11.9 Å². The molecule has 0 aliphatic heterocycles. The number of benzene rings is 1. The molecule has 5 heteroatoms. The van der Waals surface area contributed by atoms with E-state index in [4.69, 9.17) is 4.74 Å². The van der Waals surface area contributed by atoms with E-state index in [1.165, 1.54) is 0 Å². The van der Waals surface area contributed by atoms with Crippen molar-refractivity contribution in [2.24, 2.45) is 0 Å². The number of hydrogen-bond acceptors (Lipinski definition) is 4. The molecule has 1 aromatic carbocycles. The van der Waals surface area contributed by atoms with Crippen molar-refractivity contribution in [1.29, 1.82) is 0 Å². The number of hydrogen-bond donors (Lipinski definition) is 2. The van der Waals surface area contributed by atoms with Crippen molar-refractivity contribution in [3.05, 3.63) is 35.1 Å². The summed E-state index contributed by atoms with van der Waals surface area (Å²) in [6.07, 6.45) is 0.361. The van der Waals surface area contributed by atoms with Crippen LogP contribution in [0.2, 0.25) is 0 Å². The van der Waals surface area contributed by atoms with Crippen LogP contribution in [0.3, 0.4) is 0 Å². The Balaban J connectivity index is 2.52. The van der Waals surface area contributed by atoms with Gasteiger partial charge in [-0.2, -0.15) is 0 Å². The number of halogens is 1. The van der Waals surface area contributed by atoms with Gasteiger partial charge in [0.1, 0.15) is 5.82 Å². The van der Waals surface area contributed by atoms with E-state index in [1.54, 1.807) is 26.2 Å². The van der Waals surface area contributed by atoms with Crippen LogP contribution in [-0.2, 0) is 4.74 Å². The first kappa shape index (κ1) is 18.0. The minimum atomic E-state index is -0.482. The average molecular weight is 298 g/mol. The number of aliphatic hydroxyl groups is 1. The van der Waals surface area contributed by atoms with Crippen molar-refractivity contribution in [3.8, 4) is 0 Å². The zero-order chi connectivity index (χ0) is 15.8. The molecule has 0 fully saturated rings. The fraction of sp³-hybridized carbons (Fsp3) is 0.625. The Hall–Kier alpha value is -1.01. The number of likely N-dealkylation sites (N-methyl/N-ethyl adjacent to an activating group) is 1. The first-order valence-corrected chi connectivity index (χ1v) is 7.26. The van der Waals surface area contributed by atoms with E-state index in [2.05, 4.69) is 10.2 Å².